The van der Waals surface area contributed by atoms with Crippen molar-refractivity contribution in [2.24, 2.45) is 0 Å². The van der Waals surface area contributed by atoms with Crippen molar-refractivity contribution in [1.29, 1.82) is 0 Å². The number of carbonyl (C=O) groups excluding carboxylic acids is 2. The van der Waals surface area contributed by atoms with Gasteiger partial charge in [-0.15, -0.1) is 10.2 Å². The van der Waals surface area contributed by atoms with E-state index in [0.29, 0.717) is 39.5 Å². The minimum absolute atomic E-state index is 0.280. The molecule has 190 valence electrons. The smallest absolute Gasteiger partial charge is 0.262 e. The van der Waals surface area contributed by atoms with Gasteiger partial charge < -0.3 is 10.6 Å². The summed E-state index contributed by atoms with van der Waals surface area (Å²) in [6.07, 6.45) is 0. The summed E-state index contributed by atoms with van der Waals surface area (Å²) >= 11 is 0. The summed E-state index contributed by atoms with van der Waals surface area (Å²) in [6.45, 7) is 3.69. The van der Waals surface area contributed by atoms with Crippen LogP contribution in [0.1, 0.15) is 32.1 Å². The summed E-state index contributed by atoms with van der Waals surface area (Å²) < 4.78 is 34.0. The Balaban J connectivity index is 0.000000695. The molecule has 0 saturated carbocycles. The summed E-state index contributed by atoms with van der Waals surface area (Å²) in [5.74, 6) is -0.560. The van der Waals surface area contributed by atoms with Crippen LogP contribution in [0.5, 0.6) is 0 Å². The van der Waals surface area contributed by atoms with Crippen LogP contribution in [0.15, 0.2) is 91.0 Å². The molecule has 0 bridgehead atoms. The van der Waals surface area contributed by atoms with Crippen molar-refractivity contribution in [3.05, 3.63) is 114 Å². The van der Waals surface area contributed by atoms with Crippen LogP contribution in [0.4, 0.5) is 11.4 Å². The third-order valence-electron chi connectivity index (χ3n) is 5.20. The predicted octanol–water partition coefficient (Wildman–Crippen LogP) is 0.533. The van der Waals surface area contributed by atoms with E-state index in [-0.39, 0.29) is 11.8 Å². The number of halogens is 1. The number of anilines is 2. The summed E-state index contributed by atoms with van der Waals surface area (Å²) in [5, 5.41) is 5.91. The summed E-state index contributed by atoms with van der Waals surface area (Å²) in [5.41, 5.74) is 5.01. The Bertz CT molecular complexity index is 1280. The maximum absolute atomic E-state index is 13.4. The number of aryl methyl sites for hydroxylation is 2. The highest BCUT2D eigenvalue weighted by Crippen LogP contribution is 2.31. The molecule has 1 heterocycles. The molecule has 4 rings (SSSR count). The van der Waals surface area contributed by atoms with Crippen LogP contribution in [0, 0.1) is 24.1 Å². The Labute approximate surface area is 215 Å². The van der Waals surface area contributed by atoms with Crippen LogP contribution < -0.4 is 34.3 Å². The molecule has 0 aliphatic carbocycles. The third-order valence-corrected chi connectivity index (χ3v) is 5.20. The summed E-state index contributed by atoms with van der Waals surface area (Å²) in [7, 11) is -4.94. The topological polar surface area (TPSA) is 165 Å². The van der Waals surface area contributed by atoms with E-state index >= 15 is 0 Å². The lowest BCUT2D eigenvalue weighted by Crippen LogP contribution is -2.68. The predicted molar refractivity (Wildman–Crippen MR) is 127 cm³/mol. The zero-order valence-corrected chi connectivity index (χ0v) is 20.7. The second-order valence-electron chi connectivity index (χ2n) is 7.88. The SMILES string of the molecule is Cc1[nH+]c(C)c(C(=O)Nc2ccccc2)c(-c2ccccc2)c1C(=O)Nc1ccccc1.[O-][Cl+3]([O-])([O-])[O-]. The molecule has 3 N–H and O–H groups in total. The fourth-order valence-electron chi connectivity index (χ4n) is 3.80. The number of hydrogen-bond acceptors (Lipinski definition) is 6. The van der Waals surface area contributed by atoms with E-state index in [1.165, 1.54) is 0 Å². The molecule has 0 aliphatic rings. The van der Waals surface area contributed by atoms with Gasteiger partial charge in [0, 0.05) is 30.8 Å². The van der Waals surface area contributed by atoms with Gasteiger partial charge in [-0.1, -0.05) is 66.7 Å². The van der Waals surface area contributed by atoms with Gasteiger partial charge in [-0.3, -0.25) is 9.59 Å². The number of benzene rings is 3. The molecule has 4 aromatic rings. The van der Waals surface area contributed by atoms with E-state index in [4.69, 9.17) is 18.6 Å². The zero-order valence-electron chi connectivity index (χ0n) is 20.0. The number of hydrogen-bond donors (Lipinski definition) is 2. The van der Waals surface area contributed by atoms with Crippen molar-refractivity contribution in [2.45, 2.75) is 13.8 Å². The first kappa shape index (κ1) is 27.5. The number of amides is 2. The number of aromatic amines is 1. The first-order valence-electron chi connectivity index (χ1n) is 11.0. The molecule has 0 aliphatic heterocycles. The van der Waals surface area contributed by atoms with Crippen molar-refractivity contribution in [2.75, 3.05) is 10.6 Å². The highest BCUT2D eigenvalue weighted by atomic mass is 35.7. The normalized spacial score (nSPS) is 10.6. The Hall–Kier alpha value is -4.12. The third kappa shape index (κ3) is 7.94. The van der Waals surface area contributed by atoms with Gasteiger partial charge in [0.15, 0.2) is 11.4 Å². The number of pyridine rings is 1. The number of aromatic nitrogens is 1. The zero-order chi connectivity index (χ0) is 27.0. The van der Waals surface area contributed by atoms with Crippen molar-refractivity contribution in [3.63, 3.8) is 0 Å². The lowest BCUT2D eigenvalue weighted by molar-refractivity contribution is -2.00. The monoisotopic (exact) mass is 521 g/mol. The number of para-hydroxylation sites is 2. The molecule has 0 radical (unpaired) electrons. The first-order chi connectivity index (χ1) is 17.5. The van der Waals surface area contributed by atoms with Crippen LogP contribution >= 0.6 is 0 Å². The largest absolute Gasteiger partial charge is 0.322 e. The number of rotatable bonds is 5. The maximum Gasteiger partial charge on any atom is 0.262 e. The van der Waals surface area contributed by atoms with E-state index in [1.807, 2.05) is 105 Å². The summed E-state index contributed by atoms with van der Waals surface area (Å²) in [6, 6.07) is 28.1. The average Bonchev–Trinajstić information content (AvgIpc) is 2.84. The molecular formula is C27H24ClN3O6. The highest BCUT2D eigenvalue weighted by molar-refractivity contribution is 6.16. The molecule has 2 amide bonds. The van der Waals surface area contributed by atoms with Gasteiger partial charge >= 0.3 is 0 Å². The first-order valence-corrected chi connectivity index (χ1v) is 12.2. The van der Waals surface area contributed by atoms with Crippen molar-refractivity contribution in [1.82, 2.24) is 0 Å². The van der Waals surface area contributed by atoms with E-state index in [9.17, 15) is 9.59 Å². The quantitative estimate of drug-likeness (QED) is 0.389. The van der Waals surface area contributed by atoms with E-state index in [1.54, 1.807) is 0 Å². The van der Waals surface area contributed by atoms with Crippen molar-refractivity contribution in [3.8, 4) is 11.1 Å². The molecule has 3 aromatic carbocycles. The Morgan fingerprint density at radius 1 is 0.622 bits per heavy atom. The standard InChI is InChI=1S/C27H23N3O2.ClHO4/c1-18-23(26(31)29-21-14-8-4-9-15-21)25(20-12-6-3-7-13-20)24(19(2)28-18)27(32)30-22-16-10-5-11-17-22;2-1(3,4)5/h3-17H,1-2H3,(H,29,31)(H,30,32);(H,2,3,4,5). The van der Waals surface area contributed by atoms with Crippen LogP contribution in [0.2, 0.25) is 0 Å². The van der Waals surface area contributed by atoms with Gasteiger partial charge in [0.25, 0.3) is 11.8 Å². The van der Waals surface area contributed by atoms with Gasteiger partial charge in [0.05, 0.1) is 0 Å². The number of nitrogens with one attached hydrogen (secondary N) is 3. The lowest BCUT2D eigenvalue weighted by atomic mass is 9.91. The fourth-order valence-corrected chi connectivity index (χ4v) is 3.80. The van der Waals surface area contributed by atoms with Crippen LogP contribution in [0.3, 0.4) is 0 Å². The Morgan fingerprint density at radius 2 is 0.946 bits per heavy atom. The second-order valence-corrected chi connectivity index (χ2v) is 8.64. The second kappa shape index (κ2) is 12.2. The van der Waals surface area contributed by atoms with Crippen LogP contribution in [-0.2, 0) is 0 Å². The molecule has 9 nitrogen and oxygen atoms in total. The van der Waals surface area contributed by atoms with Crippen LogP contribution in [0.25, 0.3) is 11.1 Å². The van der Waals surface area contributed by atoms with Gasteiger partial charge in [-0.2, -0.15) is 0 Å². The van der Waals surface area contributed by atoms with Gasteiger partial charge in [-0.05, 0) is 29.8 Å². The van der Waals surface area contributed by atoms with Gasteiger partial charge in [-0.25, -0.2) is 23.6 Å². The number of H-pyrrole nitrogens is 1. The van der Waals surface area contributed by atoms with E-state index in [2.05, 4.69) is 15.6 Å². The van der Waals surface area contributed by atoms with Crippen molar-refractivity contribution >= 4 is 23.2 Å². The molecule has 1 aromatic heterocycles. The molecule has 10 heteroatoms. The minimum atomic E-state index is -4.94. The van der Waals surface area contributed by atoms with E-state index < -0.39 is 10.2 Å². The molecule has 0 saturated heterocycles. The minimum Gasteiger partial charge on any atom is -0.322 e. The maximum atomic E-state index is 13.4. The highest BCUT2D eigenvalue weighted by Gasteiger charge is 2.30. The van der Waals surface area contributed by atoms with Gasteiger partial charge in [0.2, 0.25) is 0 Å². The molecule has 0 fully saturated rings. The fraction of sp³-hybridized carbons (Fsp3) is 0.0741. The van der Waals surface area contributed by atoms with Gasteiger partial charge in [0.1, 0.15) is 11.1 Å². The van der Waals surface area contributed by atoms with Crippen molar-refractivity contribution < 1.29 is 43.5 Å². The van der Waals surface area contributed by atoms with Crippen LogP contribution in [-0.4, -0.2) is 11.8 Å². The van der Waals surface area contributed by atoms with E-state index in [0.717, 1.165) is 5.56 Å². The lowest BCUT2D eigenvalue weighted by Gasteiger charge is -2.17. The summed E-state index contributed by atoms with van der Waals surface area (Å²) in [4.78, 5) is 30.1. The Kier molecular flexibility index (Phi) is 9.07. The Morgan fingerprint density at radius 3 is 1.30 bits per heavy atom. The average molecular weight is 522 g/mol. The molecule has 0 atom stereocenters. The molecular weight excluding hydrogens is 498 g/mol. The molecule has 0 spiro atoms. The molecule has 0 unspecified atom stereocenters. The molecule has 37 heavy (non-hydrogen) atoms. The number of carbonyl (C=O) groups is 2.